The molecule has 0 atom stereocenters. The van der Waals surface area contributed by atoms with Crippen molar-refractivity contribution >= 4 is 39.2 Å². The van der Waals surface area contributed by atoms with Gasteiger partial charge >= 0.3 is 6.01 Å². The number of nitrogens with zero attached hydrogens (tertiary/aromatic N) is 1. The summed E-state index contributed by atoms with van der Waals surface area (Å²) in [7, 11) is 0. The molecule has 0 bridgehead atoms. The number of hydrogen-bond donors (Lipinski definition) is 1. The molecule has 1 saturated carbocycles. The minimum atomic E-state index is -0.172. The molecular weight excluding hydrogens is 328 g/mol. The Morgan fingerprint density at radius 1 is 1.63 bits per heavy atom. The molecule has 100 valence electrons. The zero-order valence-corrected chi connectivity index (χ0v) is 12.8. The number of thiophene rings is 1. The number of aromatic nitrogens is 1. The third kappa shape index (κ3) is 2.74. The van der Waals surface area contributed by atoms with Gasteiger partial charge in [0.15, 0.2) is 0 Å². The Morgan fingerprint density at radius 3 is 3.05 bits per heavy atom. The first kappa shape index (κ1) is 12.9. The predicted octanol–water partition coefficient (Wildman–Crippen LogP) is 4.19. The van der Waals surface area contributed by atoms with Crippen LogP contribution in [0.4, 0.5) is 6.01 Å². The van der Waals surface area contributed by atoms with Gasteiger partial charge in [0.25, 0.3) is 5.91 Å². The van der Waals surface area contributed by atoms with Crippen molar-refractivity contribution < 1.29 is 9.21 Å². The Labute approximate surface area is 123 Å². The largest absolute Gasteiger partial charge is 0.428 e. The predicted molar refractivity (Wildman–Crippen MR) is 77.8 cm³/mol. The SMILES string of the molecule is CCc1sc(C(=O)Nc2ncc(C3CC3)o2)cc1Br. The maximum absolute atomic E-state index is 12.1. The zero-order valence-electron chi connectivity index (χ0n) is 10.4. The van der Waals surface area contributed by atoms with Crippen LogP contribution in [0.25, 0.3) is 0 Å². The van der Waals surface area contributed by atoms with Gasteiger partial charge in [-0.15, -0.1) is 11.3 Å². The fraction of sp³-hybridized carbons (Fsp3) is 0.385. The van der Waals surface area contributed by atoms with E-state index < -0.39 is 0 Å². The van der Waals surface area contributed by atoms with Gasteiger partial charge in [-0.3, -0.25) is 10.1 Å². The second-order valence-electron chi connectivity index (χ2n) is 4.53. The summed E-state index contributed by atoms with van der Waals surface area (Å²) in [6.45, 7) is 2.06. The Morgan fingerprint density at radius 2 is 2.42 bits per heavy atom. The third-order valence-corrected chi connectivity index (χ3v) is 5.27. The quantitative estimate of drug-likeness (QED) is 0.907. The summed E-state index contributed by atoms with van der Waals surface area (Å²) in [6.07, 6.45) is 4.92. The molecule has 6 heteroatoms. The van der Waals surface area contributed by atoms with E-state index in [4.69, 9.17) is 4.42 Å². The second-order valence-corrected chi connectivity index (χ2v) is 6.52. The summed E-state index contributed by atoms with van der Waals surface area (Å²) in [5, 5.41) is 2.70. The number of rotatable bonds is 4. The molecule has 0 saturated heterocycles. The van der Waals surface area contributed by atoms with Crippen LogP contribution in [0.1, 0.15) is 46.0 Å². The topological polar surface area (TPSA) is 55.1 Å². The van der Waals surface area contributed by atoms with Crippen molar-refractivity contribution in [3.63, 3.8) is 0 Å². The fourth-order valence-electron chi connectivity index (χ4n) is 1.82. The lowest BCUT2D eigenvalue weighted by atomic mass is 10.3. The summed E-state index contributed by atoms with van der Waals surface area (Å²) in [5.74, 6) is 1.20. The van der Waals surface area contributed by atoms with E-state index in [2.05, 4.69) is 33.2 Å². The van der Waals surface area contributed by atoms with Gasteiger partial charge in [0, 0.05) is 15.3 Å². The molecule has 1 fully saturated rings. The van der Waals surface area contributed by atoms with Crippen molar-refractivity contribution in [1.82, 2.24) is 4.98 Å². The molecular formula is C13H13BrN2O2S. The van der Waals surface area contributed by atoms with E-state index in [0.29, 0.717) is 10.8 Å². The van der Waals surface area contributed by atoms with Gasteiger partial charge in [0.2, 0.25) is 0 Å². The lowest BCUT2D eigenvalue weighted by Gasteiger charge is -1.97. The summed E-state index contributed by atoms with van der Waals surface area (Å²) in [5.41, 5.74) is 0. The molecule has 1 amide bonds. The van der Waals surface area contributed by atoms with E-state index in [1.807, 2.05) is 6.07 Å². The van der Waals surface area contributed by atoms with E-state index in [9.17, 15) is 4.79 Å². The number of oxazole rings is 1. The van der Waals surface area contributed by atoms with Gasteiger partial charge in [-0.05, 0) is 41.3 Å². The summed E-state index contributed by atoms with van der Waals surface area (Å²) < 4.78 is 6.50. The van der Waals surface area contributed by atoms with E-state index in [1.165, 1.54) is 11.3 Å². The van der Waals surface area contributed by atoms with Crippen LogP contribution in [0, 0.1) is 0 Å². The number of hydrogen-bond acceptors (Lipinski definition) is 4. The summed E-state index contributed by atoms with van der Waals surface area (Å²) >= 11 is 4.94. The zero-order chi connectivity index (χ0) is 13.4. The first-order valence-corrected chi connectivity index (χ1v) is 7.83. The monoisotopic (exact) mass is 340 g/mol. The highest BCUT2D eigenvalue weighted by Crippen LogP contribution is 2.40. The van der Waals surface area contributed by atoms with Gasteiger partial charge in [0.1, 0.15) is 5.76 Å². The molecule has 1 aliphatic rings. The Balaban J connectivity index is 1.72. The average molecular weight is 341 g/mol. The molecule has 1 aliphatic carbocycles. The van der Waals surface area contributed by atoms with E-state index in [0.717, 1.165) is 34.4 Å². The van der Waals surface area contributed by atoms with E-state index in [-0.39, 0.29) is 11.9 Å². The number of carbonyl (C=O) groups is 1. The molecule has 4 nitrogen and oxygen atoms in total. The maximum atomic E-state index is 12.1. The number of nitrogens with one attached hydrogen (secondary N) is 1. The second kappa shape index (κ2) is 5.09. The standard InChI is InChI=1S/C13H13BrN2O2S/c1-2-10-8(14)5-11(19-10)12(17)16-13-15-6-9(18-13)7-3-4-7/h5-7H,2-4H2,1H3,(H,15,16,17). The van der Waals surface area contributed by atoms with Crippen LogP contribution < -0.4 is 5.32 Å². The normalized spacial score (nSPS) is 14.6. The fourth-order valence-corrected chi connectivity index (χ4v) is 3.61. The minimum absolute atomic E-state index is 0.172. The molecule has 0 spiro atoms. The molecule has 19 heavy (non-hydrogen) atoms. The molecule has 2 heterocycles. The van der Waals surface area contributed by atoms with Gasteiger partial charge in [0.05, 0.1) is 11.1 Å². The van der Waals surface area contributed by atoms with Gasteiger partial charge in [-0.1, -0.05) is 6.92 Å². The maximum Gasteiger partial charge on any atom is 0.301 e. The van der Waals surface area contributed by atoms with Crippen molar-refractivity contribution in [3.05, 3.63) is 32.3 Å². The van der Waals surface area contributed by atoms with Crippen LogP contribution in [0.3, 0.4) is 0 Å². The van der Waals surface area contributed by atoms with Crippen LogP contribution in [-0.2, 0) is 6.42 Å². The van der Waals surface area contributed by atoms with Crippen molar-refractivity contribution in [2.45, 2.75) is 32.1 Å². The molecule has 2 aromatic heterocycles. The number of aryl methyl sites for hydroxylation is 1. The molecule has 0 aliphatic heterocycles. The number of amides is 1. The van der Waals surface area contributed by atoms with Crippen LogP contribution in [0.5, 0.6) is 0 Å². The van der Waals surface area contributed by atoms with Crippen molar-refractivity contribution in [2.24, 2.45) is 0 Å². The lowest BCUT2D eigenvalue weighted by Crippen LogP contribution is -2.10. The van der Waals surface area contributed by atoms with Crippen LogP contribution in [-0.4, -0.2) is 10.9 Å². The first-order chi connectivity index (χ1) is 9.17. The Hall–Kier alpha value is -1.14. The van der Waals surface area contributed by atoms with Gasteiger partial charge in [-0.2, -0.15) is 0 Å². The van der Waals surface area contributed by atoms with Gasteiger partial charge in [-0.25, -0.2) is 4.98 Å². The highest BCUT2D eigenvalue weighted by atomic mass is 79.9. The lowest BCUT2D eigenvalue weighted by molar-refractivity contribution is 0.102. The Bertz CT molecular complexity index is 616. The summed E-state index contributed by atoms with van der Waals surface area (Å²) in [6, 6.07) is 2.12. The smallest absolute Gasteiger partial charge is 0.301 e. The van der Waals surface area contributed by atoms with Crippen molar-refractivity contribution in [3.8, 4) is 0 Å². The molecule has 1 N–H and O–H groups in total. The van der Waals surface area contributed by atoms with Crippen molar-refractivity contribution in [1.29, 1.82) is 0 Å². The highest BCUT2D eigenvalue weighted by Gasteiger charge is 2.27. The first-order valence-electron chi connectivity index (χ1n) is 6.22. The minimum Gasteiger partial charge on any atom is -0.428 e. The molecule has 0 aromatic carbocycles. The molecule has 3 rings (SSSR count). The van der Waals surface area contributed by atoms with E-state index in [1.54, 1.807) is 6.20 Å². The Kier molecular flexibility index (Phi) is 3.45. The third-order valence-electron chi connectivity index (χ3n) is 3.03. The van der Waals surface area contributed by atoms with Gasteiger partial charge < -0.3 is 4.42 Å². The highest BCUT2D eigenvalue weighted by molar-refractivity contribution is 9.10. The molecule has 0 unspecified atom stereocenters. The van der Waals surface area contributed by atoms with Crippen LogP contribution in [0.15, 0.2) is 21.2 Å². The molecule has 2 aromatic rings. The van der Waals surface area contributed by atoms with Crippen LogP contribution in [0.2, 0.25) is 0 Å². The average Bonchev–Trinajstić information content (AvgIpc) is 3.03. The van der Waals surface area contributed by atoms with Crippen molar-refractivity contribution in [2.75, 3.05) is 5.32 Å². The number of halogens is 1. The summed E-state index contributed by atoms with van der Waals surface area (Å²) in [4.78, 5) is 18.0. The van der Waals surface area contributed by atoms with Crippen LogP contribution >= 0.6 is 27.3 Å². The number of carbonyl (C=O) groups excluding carboxylic acids is 1. The number of anilines is 1. The van der Waals surface area contributed by atoms with E-state index >= 15 is 0 Å². The molecule has 0 radical (unpaired) electrons.